The largest absolute Gasteiger partial charge is 0.370 e. The van der Waals surface area contributed by atoms with Crippen molar-refractivity contribution < 1.29 is 0 Å². The monoisotopic (exact) mass is 320 g/mol. The van der Waals surface area contributed by atoms with Crippen LogP contribution < -0.4 is 4.90 Å². The van der Waals surface area contributed by atoms with Crippen molar-refractivity contribution in [1.29, 1.82) is 5.26 Å². The van der Waals surface area contributed by atoms with Gasteiger partial charge in [0.05, 0.1) is 11.3 Å². The zero-order valence-corrected chi connectivity index (χ0v) is 13.3. The maximum Gasteiger partial charge on any atom is 0.103 e. The van der Waals surface area contributed by atoms with E-state index in [1.165, 1.54) is 25.7 Å². The standard InChI is InChI=1S/C16H21BrN2/c1-3-16(4-2)8-10-19(11-9-16)15-7-5-6-14(17)13(15)12-18/h5-7H,3-4,8-11H2,1-2H3. The van der Waals surface area contributed by atoms with Gasteiger partial charge in [-0.1, -0.05) is 32.8 Å². The molecule has 1 aromatic carbocycles. The van der Waals surface area contributed by atoms with Gasteiger partial charge in [0.1, 0.15) is 6.07 Å². The molecule has 1 aromatic rings. The van der Waals surface area contributed by atoms with Crippen LogP contribution in [-0.4, -0.2) is 13.1 Å². The molecule has 0 radical (unpaired) electrons. The van der Waals surface area contributed by atoms with Crippen LogP contribution in [0.4, 0.5) is 5.69 Å². The molecule has 0 saturated carbocycles. The minimum Gasteiger partial charge on any atom is -0.370 e. The third kappa shape index (κ3) is 2.79. The van der Waals surface area contributed by atoms with Gasteiger partial charge in [-0.25, -0.2) is 0 Å². The molecule has 1 heterocycles. The van der Waals surface area contributed by atoms with E-state index in [9.17, 15) is 5.26 Å². The first-order valence-corrected chi connectivity index (χ1v) is 7.88. The number of benzene rings is 1. The highest BCUT2D eigenvalue weighted by molar-refractivity contribution is 9.10. The average Bonchev–Trinajstić information content (AvgIpc) is 2.47. The van der Waals surface area contributed by atoms with Gasteiger partial charge in [-0.05, 0) is 46.3 Å². The fraction of sp³-hybridized carbons (Fsp3) is 0.562. The second-order valence-electron chi connectivity index (χ2n) is 5.44. The molecular weight excluding hydrogens is 300 g/mol. The summed E-state index contributed by atoms with van der Waals surface area (Å²) in [6, 6.07) is 8.34. The van der Waals surface area contributed by atoms with E-state index in [1.54, 1.807) is 0 Å². The minimum atomic E-state index is 0.523. The molecule has 1 saturated heterocycles. The Hall–Kier alpha value is -1.01. The van der Waals surface area contributed by atoms with E-state index in [0.717, 1.165) is 28.8 Å². The lowest BCUT2D eigenvalue weighted by Gasteiger charge is -2.42. The maximum absolute atomic E-state index is 9.32. The molecule has 0 aliphatic carbocycles. The van der Waals surface area contributed by atoms with Crippen molar-refractivity contribution in [3.63, 3.8) is 0 Å². The van der Waals surface area contributed by atoms with Crippen molar-refractivity contribution in [1.82, 2.24) is 0 Å². The van der Waals surface area contributed by atoms with Crippen LogP contribution in [0.25, 0.3) is 0 Å². The molecule has 1 aliphatic heterocycles. The third-order valence-electron chi connectivity index (χ3n) is 4.77. The molecule has 102 valence electrons. The second kappa shape index (κ2) is 5.96. The fourth-order valence-corrected chi connectivity index (χ4v) is 3.51. The van der Waals surface area contributed by atoms with Gasteiger partial charge in [0, 0.05) is 17.6 Å². The SMILES string of the molecule is CCC1(CC)CCN(c2cccc(Br)c2C#N)CC1. The Morgan fingerprint density at radius 3 is 2.42 bits per heavy atom. The smallest absolute Gasteiger partial charge is 0.103 e. The molecular formula is C16H21BrN2. The van der Waals surface area contributed by atoms with E-state index >= 15 is 0 Å². The van der Waals surface area contributed by atoms with Crippen LogP contribution in [0.2, 0.25) is 0 Å². The summed E-state index contributed by atoms with van der Waals surface area (Å²) >= 11 is 3.47. The van der Waals surface area contributed by atoms with E-state index in [4.69, 9.17) is 0 Å². The fourth-order valence-electron chi connectivity index (χ4n) is 3.07. The normalized spacial score (nSPS) is 18.1. The molecule has 19 heavy (non-hydrogen) atoms. The Morgan fingerprint density at radius 2 is 1.89 bits per heavy atom. The quantitative estimate of drug-likeness (QED) is 0.805. The van der Waals surface area contributed by atoms with Crippen LogP contribution in [0.1, 0.15) is 45.1 Å². The molecule has 0 atom stereocenters. The number of nitriles is 1. The van der Waals surface area contributed by atoms with Crippen LogP contribution >= 0.6 is 15.9 Å². The van der Waals surface area contributed by atoms with Gasteiger partial charge in [0.25, 0.3) is 0 Å². The summed E-state index contributed by atoms with van der Waals surface area (Å²) in [7, 11) is 0. The Labute approximate surface area is 124 Å². The second-order valence-corrected chi connectivity index (χ2v) is 6.29. The Balaban J connectivity index is 2.19. The molecule has 2 nitrogen and oxygen atoms in total. The predicted molar refractivity (Wildman–Crippen MR) is 83.3 cm³/mol. The number of anilines is 1. The number of piperidine rings is 1. The number of halogens is 1. The van der Waals surface area contributed by atoms with Crippen molar-refractivity contribution in [2.24, 2.45) is 5.41 Å². The van der Waals surface area contributed by atoms with E-state index in [-0.39, 0.29) is 0 Å². The molecule has 0 bridgehead atoms. The highest BCUT2D eigenvalue weighted by Crippen LogP contribution is 2.40. The topological polar surface area (TPSA) is 27.0 Å². The molecule has 3 heteroatoms. The Morgan fingerprint density at radius 1 is 1.26 bits per heavy atom. The van der Waals surface area contributed by atoms with Crippen molar-refractivity contribution in [3.8, 4) is 6.07 Å². The van der Waals surface area contributed by atoms with E-state index in [1.807, 2.05) is 12.1 Å². The first kappa shape index (κ1) is 14.4. The summed E-state index contributed by atoms with van der Waals surface area (Å²) < 4.78 is 0.898. The third-order valence-corrected chi connectivity index (χ3v) is 5.43. The first-order valence-electron chi connectivity index (χ1n) is 7.09. The first-order chi connectivity index (χ1) is 9.15. The lowest BCUT2D eigenvalue weighted by atomic mass is 9.74. The zero-order chi connectivity index (χ0) is 13.9. The highest BCUT2D eigenvalue weighted by atomic mass is 79.9. The van der Waals surface area contributed by atoms with Crippen LogP contribution in [0.3, 0.4) is 0 Å². The number of hydrogen-bond acceptors (Lipinski definition) is 2. The van der Waals surface area contributed by atoms with Crippen LogP contribution in [0.5, 0.6) is 0 Å². The van der Waals surface area contributed by atoms with E-state index in [0.29, 0.717) is 5.41 Å². The van der Waals surface area contributed by atoms with Crippen molar-refractivity contribution >= 4 is 21.6 Å². The molecule has 2 rings (SSSR count). The highest BCUT2D eigenvalue weighted by Gasteiger charge is 2.31. The minimum absolute atomic E-state index is 0.523. The summed E-state index contributed by atoms with van der Waals surface area (Å²) in [5, 5.41) is 9.32. The Kier molecular flexibility index (Phi) is 4.52. The molecule has 1 aliphatic rings. The van der Waals surface area contributed by atoms with Gasteiger partial charge >= 0.3 is 0 Å². The molecule has 0 unspecified atom stereocenters. The maximum atomic E-state index is 9.32. The molecule has 0 N–H and O–H groups in total. The summed E-state index contributed by atoms with van der Waals surface area (Å²) in [6.07, 6.45) is 5.00. The molecule has 1 fully saturated rings. The van der Waals surface area contributed by atoms with Crippen LogP contribution in [0.15, 0.2) is 22.7 Å². The van der Waals surface area contributed by atoms with Gasteiger partial charge < -0.3 is 4.90 Å². The predicted octanol–water partition coefficient (Wildman–Crippen LogP) is 4.73. The summed E-state index contributed by atoms with van der Waals surface area (Å²) in [6.45, 7) is 6.73. The summed E-state index contributed by atoms with van der Waals surface area (Å²) in [5.41, 5.74) is 2.37. The summed E-state index contributed by atoms with van der Waals surface area (Å²) in [4.78, 5) is 2.37. The lowest BCUT2D eigenvalue weighted by molar-refractivity contribution is 0.199. The van der Waals surface area contributed by atoms with Gasteiger partial charge in [0.2, 0.25) is 0 Å². The molecule has 0 aromatic heterocycles. The van der Waals surface area contributed by atoms with E-state index in [2.05, 4.69) is 46.8 Å². The van der Waals surface area contributed by atoms with Gasteiger partial charge in [-0.3, -0.25) is 0 Å². The van der Waals surface area contributed by atoms with Gasteiger partial charge in [0.15, 0.2) is 0 Å². The van der Waals surface area contributed by atoms with Crippen molar-refractivity contribution in [2.45, 2.75) is 39.5 Å². The number of rotatable bonds is 3. The van der Waals surface area contributed by atoms with Crippen molar-refractivity contribution in [2.75, 3.05) is 18.0 Å². The lowest BCUT2D eigenvalue weighted by Crippen LogP contribution is -2.40. The summed E-state index contributed by atoms with van der Waals surface area (Å²) in [5.74, 6) is 0. The van der Waals surface area contributed by atoms with Crippen molar-refractivity contribution in [3.05, 3.63) is 28.2 Å². The number of hydrogen-bond donors (Lipinski definition) is 0. The molecule has 0 amide bonds. The van der Waals surface area contributed by atoms with Crippen LogP contribution in [0, 0.1) is 16.7 Å². The average molecular weight is 321 g/mol. The number of nitrogens with zero attached hydrogens (tertiary/aromatic N) is 2. The Bertz CT molecular complexity index is 476. The van der Waals surface area contributed by atoms with E-state index < -0.39 is 0 Å². The van der Waals surface area contributed by atoms with Crippen LogP contribution in [-0.2, 0) is 0 Å². The van der Waals surface area contributed by atoms with Gasteiger partial charge in [-0.2, -0.15) is 5.26 Å². The molecule has 0 spiro atoms. The zero-order valence-electron chi connectivity index (χ0n) is 11.7. The van der Waals surface area contributed by atoms with Gasteiger partial charge in [-0.15, -0.1) is 0 Å².